The molecule has 0 unspecified atom stereocenters. The average Bonchev–Trinajstić information content (AvgIpc) is 3.08. The number of rotatable bonds is 5. The summed E-state index contributed by atoms with van der Waals surface area (Å²) in [5, 5.41) is 10.3. The number of benzene rings is 1. The van der Waals surface area contributed by atoms with Gasteiger partial charge < -0.3 is 19.5 Å². The van der Waals surface area contributed by atoms with Crippen molar-refractivity contribution in [3.63, 3.8) is 0 Å². The largest absolute Gasteiger partial charge is 0.493 e. The third kappa shape index (κ3) is 4.33. The van der Waals surface area contributed by atoms with E-state index in [0.29, 0.717) is 32.7 Å². The molecule has 0 spiro atoms. The molecule has 25 heavy (non-hydrogen) atoms. The number of aryl methyl sites for hydroxylation is 2. The highest BCUT2D eigenvalue weighted by Crippen LogP contribution is 2.30. The molecule has 0 radical (unpaired) electrons. The average molecular weight is 347 g/mol. The summed E-state index contributed by atoms with van der Waals surface area (Å²) >= 11 is 0. The van der Waals surface area contributed by atoms with E-state index in [1.807, 2.05) is 30.9 Å². The predicted molar refractivity (Wildman–Crippen MR) is 95.7 cm³/mol. The number of hydrogen-bond donors (Lipinski definition) is 1. The summed E-state index contributed by atoms with van der Waals surface area (Å²) in [4.78, 5) is 14.6. The fourth-order valence-corrected chi connectivity index (χ4v) is 3.92. The third-order valence-electron chi connectivity index (χ3n) is 5.39. The van der Waals surface area contributed by atoms with Gasteiger partial charge in [-0.1, -0.05) is 12.1 Å². The Morgan fingerprint density at radius 2 is 2.20 bits per heavy atom. The number of amides is 1. The van der Waals surface area contributed by atoms with Gasteiger partial charge in [0.1, 0.15) is 5.75 Å². The predicted octanol–water partition coefficient (Wildman–Crippen LogP) is 2.46. The van der Waals surface area contributed by atoms with Crippen LogP contribution in [0.15, 0.2) is 18.2 Å². The number of hydrogen-bond acceptors (Lipinski definition) is 4. The number of likely N-dealkylation sites (tertiary alicyclic amines) is 1. The summed E-state index contributed by atoms with van der Waals surface area (Å²) in [6.07, 6.45) is 2.62. The van der Waals surface area contributed by atoms with Gasteiger partial charge >= 0.3 is 0 Å². The van der Waals surface area contributed by atoms with Gasteiger partial charge in [-0.2, -0.15) is 0 Å². The van der Waals surface area contributed by atoms with Crippen LogP contribution >= 0.6 is 0 Å². The van der Waals surface area contributed by atoms with Crippen LogP contribution in [-0.4, -0.2) is 54.4 Å². The molecule has 138 valence electrons. The van der Waals surface area contributed by atoms with E-state index in [0.717, 1.165) is 36.3 Å². The van der Waals surface area contributed by atoms with E-state index in [1.54, 1.807) is 0 Å². The lowest BCUT2D eigenvalue weighted by molar-refractivity contribution is -0.136. The zero-order chi connectivity index (χ0) is 17.8. The number of carbonyl (C=O) groups is 1. The first-order valence-corrected chi connectivity index (χ1v) is 9.31. The summed E-state index contributed by atoms with van der Waals surface area (Å²) in [6.45, 7) is 6.37. The second-order valence-electron chi connectivity index (χ2n) is 7.26. The van der Waals surface area contributed by atoms with E-state index in [-0.39, 0.29) is 24.0 Å². The van der Waals surface area contributed by atoms with Crippen LogP contribution in [0.2, 0.25) is 0 Å². The molecule has 2 aliphatic rings. The molecule has 0 saturated carbocycles. The lowest BCUT2D eigenvalue weighted by Gasteiger charge is -2.37. The Bertz CT molecular complexity index is 603. The molecule has 5 nitrogen and oxygen atoms in total. The Morgan fingerprint density at radius 1 is 1.36 bits per heavy atom. The summed E-state index contributed by atoms with van der Waals surface area (Å²) in [5.41, 5.74) is 2.23. The van der Waals surface area contributed by atoms with E-state index >= 15 is 0 Å². The molecule has 1 N–H and O–H groups in total. The Morgan fingerprint density at radius 3 is 3.00 bits per heavy atom. The van der Waals surface area contributed by atoms with Gasteiger partial charge in [0, 0.05) is 25.1 Å². The molecule has 0 bridgehead atoms. The molecule has 3 atom stereocenters. The van der Waals surface area contributed by atoms with Crippen molar-refractivity contribution in [1.82, 2.24) is 4.90 Å². The standard InChI is InChI=1S/C20H29NO4/c1-14-5-6-15(2)19(12-14)25-11-8-20(23)21-9-3-4-17(21)16-13-24-10-7-18(16)22/h5-6,12,16-18,22H,3-4,7-11,13H2,1-2H3/t16-,17+,18+/m0/s1. The smallest absolute Gasteiger partial charge is 0.226 e. The highest BCUT2D eigenvalue weighted by molar-refractivity contribution is 5.77. The molecule has 0 aliphatic carbocycles. The fourth-order valence-electron chi connectivity index (χ4n) is 3.92. The van der Waals surface area contributed by atoms with Gasteiger partial charge in [-0.3, -0.25) is 4.79 Å². The van der Waals surface area contributed by atoms with Crippen LogP contribution in [0.1, 0.15) is 36.8 Å². The quantitative estimate of drug-likeness (QED) is 0.889. The van der Waals surface area contributed by atoms with Crippen LogP contribution in [0.25, 0.3) is 0 Å². The molecule has 3 rings (SSSR count). The van der Waals surface area contributed by atoms with Gasteiger partial charge in [0.15, 0.2) is 0 Å². The van der Waals surface area contributed by atoms with E-state index in [1.165, 1.54) is 0 Å². The Labute approximate surface area is 149 Å². The molecule has 1 aromatic carbocycles. The second-order valence-corrected chi connectivity index (χ2v) is 7.26. The highest BCUT2D eigenvalue weighted by Gasteiger charge is 2.39. The maximum atomic E-state index is 12.7. The van der Waals surface area contributed by atoms with E-state index in [2.05, 4.69) is 6.07 Å². The molecule has 0 aromatic heterocycles. The molecule has 2 saturated heterocycles. The third-order valence-corrected chi connectivity index (χ3v) is 5.39. The topological polar surface area (TPSA) is 59.0 Å². The van der Waals surface area contributed by atoms with Gasteiger partial charge in [-0.25, -0.2) is 0 Å². The van der Waals surface area contributed by atoms with Crippen LogP contribution in [-0.2, 0) is 9.53 Å². The van der Waals surface area contributed by atoms with Crippen LogP contribution in [0, 0.1) is 19.8 Å². The summed E-state index contributed by atoms with van der Waals surface area (Å²) in [7, 11) is 0. The molecule has 1 aromatic rings. The van der Waals surface area contributed by atoms with Gasteiger partial charge in [0.05, 0.1) is 25.7 Å². The van der Waals surface area contributed by atoms with E-state index in [9.17, 15) is 9.90 Å². The zero-order valence-electron chi connectivity index (χ0n) is 15.2. The number of aliphatic hydroxyl groups excluding tert-OH is 1. The highest BCUT2D eigenvalue weighted by atomic mass is 16.5. The van der Waals surface area contributed by atoms with Crippen molar-refractivity contribution in [2.24, 2.45) is 5.92 Å². The molecule has 2 aliphatic heterocycles. The van der Waals surface area contributed by atoms with Crippen molar-refractivity contribution in [2.45, 2.75) is 51.7 Å². The first kappa shape index (κ1) is 18.2. The number of ether oxygens (including phenoxy) is 2. The monoisotopic (exact) mass is 347 g/mol. The normalized spacial score (nSPS) is 26.7. The Balaban J connectivity index is 1.54. The molecule has 2 heterocycles. The van der Waals surface area contributed by atoms with Crippen LogP contribution in [0.4, 0.5) is 0 Å². The number of carbonyl (C=O) groups excluding carboxylic acids is 1. The van der Waals surface area contributed by atoms with Crippen LogP contribution < -0.4 is 4.74 Å². The number of nitrogens with zero attached hydrogens (tertiary/aromatic N) is 1. The first-order valence-electron chi connectivity index (χ1n) is 9.31. The number of aliphatic hydroxyl groups is 1. The van der Waals surface area contributed by atoms with Crippen LogP contribution in [0.3, 0.4) is 0 Å². The van der Waals surface area contributed by atoms with Crippen molar-refractivity contribution < 1.29 is 19.4 Å². The molecule has 2 fully saturated rings. The minimum Gasteiger partial charge on any atom is -0.493 e. The van der Waals surface area contributed by atoms with Gasteiger partial charge in [-0.15, -0.1) is 0 Å². The lowest BCUT2D eigenvalue weighted by atomic mass is 9.89. The Kier molecular flexibility index (Phi) is 5.97. The second kappa shape index (κ2) is 8.19. The zero-order valence-corrected chi connectivity index (χ0v) is 15.2. The van der Waals surface area contributed by atoms with Crippen molar-refractivity contribution >= 4 is 5.91 Å². The summed E-state index contributed by atoms with van der Waals surface area (Å²) < 4.78 is 11.4. The van der Waals surface area contributed by atoms with Crippen molar-refractivity contribution in [1.29, 1.82) is 0 Å². The maximum Gasteiger partial charge on any atom is 0.226 e. The fraction of sp³-hybridized carbons (Fsp3) is 0.650. The maximum absolute atomic E-state index is 12.7. The molecule has 1 amide bonds. The van der Waals surface area contributed by atoms with Crippen LogP contribution in [0.5, 0.6) is 5.75 Å². The van der Waals surface area contributed by atoms with Gasteiger partial charge in [0.2, 0.25) is 5.91 Å². The summed E-state index contributed by atoms with van der Waals surface area (Å²) in [5.74, 6) is 1.01. The lowest BCUT2D eigenvalue weighted by Crippen LogP contribution is -2.48. The van der Waals surface area contributed by atoms with E-state index < -0.39 is 0 Å². The minimum absolute atomic E-state index is 0.0418. The van der Waals surface area contributed by atoms with Crippen molar-refractivity contribution in [2.75, 3.05) is 26.4 Å². The SMILES string of the molecule is Cc1ccc(C)c(OCCC(=O)N2CCC[C@@H]2[C@@H]2COCC[C@H]2O)c1. The molecular formula is C20H29NO4. The van der Waals surface area contributed by atoms with E-state index in [4.69, 9.17) is 9.47 Å². The van der Waals surface area contributed by atoms with Gasteiger partial charge in [0.25, 0.3) is 0 Å². The van der Waals surface area contributed by atoms with Crippen molar-refractivity contribution in [3.05, 3.63) is 29.3 Å². The molecular weight excluding hydrogens is 318 g/mol. The Hall–Kier alpha value is -1.59. The van der Waals surface area contributed by atoms with Gasteiger partial charge in [-0.05, 0) is 50.3 Å². The molecule has 5 heteroatoms. The minimum atomic E-state index is -0.363. The first-order chi connectivity index (χ1) is 12.1. The summed E-state index contributed by atoms with van der Waals surface area (Å²) in [6, 6.07) is 6.20. The van der Waals surface area contributed by atoms with Crippen molar-refractivity contribution in [3.8, 4) is 5.75 Å².